The summed E-state index contributed by atoms with van der Waals surface area (Å²) in [6, 6.07) is 17.7. The van der Waals surface area contributed by atoms with Crippen LogP contribution in [0.15, 0.2) is 71.6 Å². The summed E-state index contributed by atoms with van der Waals surface area (Å²) in [5.74, 6) is -0.0974. The van der Waals surface area contributed by atoms with E-state index in [2.05, 4.69) is 5.32 Å². The van der Waals surface area contributed by atoms with E-state index in [9.17, 15) is 18.0 Å². The molecule has 0 spiro atoms. The number of hydrogen-bond acceptors (Lipinski definition) is 5. The molecule has 1 fully saturated rings. The summed E-state index contributed by atoms with van der Waals surface area (Å²) in [5.41, 5.74) is 3.00. The van der Waals surface area contributed by atoms with Crippen LogP contribution in [0, 0.1) is 13.8 Å². The monoisotopic (exact) mass is 639 g/mol. The molecule has 1 aliphatic rings. The van der Waals surface area contributed by atoms with Crippen LogP contribution >= 0.6 is 11.6 Å². The van der Waals surface area contributed by atoms with Gasteiger partial charge in [0.25, 0.3) is 10.0 Å². The van der Waals surface area contributed by atoms with Gasteiger partial charge in [-0.2, -0.15) is 0 Å². The van der Waals surface area contributed by atoms with Gasteiger partial charge >= 0.3 is 0 Å². The van der Waals surface area contributed by atoms with E-state index in [4.69, 9.17) is 16.3 Å². The van der Waals surface area contributed by atoms with Crippen LogP contribution in [0.5, 0.6) is 5.75 Å². The molecule has 1 unspecified atom stereocenters. The number of carbonyl (C=O) groups is 2. The number of amides is 2. The largest absolute Gasteiger partial charge is 0.497 e. The Bertz CT molecular complexity index is 1560. The van der Waals surface area contributed by atoms with Crippen LogP contribution < -0.4 is 14.4 Å². The fourth-order valence-corrected chi connectivity index (χ4v) is 7.11. The predicted molar refractivity (Wildman–Crippen MR) is 175 cm³/mol. The fourth-order valence-electron chi connectivity index (χ4n) is 5.57. The van der Waals surface area contributed by atoms with E-state index in [1.54, 1.807) is 19.2 Å². The van der Waals surface area contributed by atoms with Gasteiger partial charge in [-0.1, -0.05) is 56.0 Å². The maximum absolute atomic E-state index is 14.4. The van der Waals surface area contributed by atoms with Gasteiger partial charge in [-0.3, -0.25) is 13.9 Å². The van der Waals surface area contributed by atoms with Gasteiger partial charge < -0.3 is 15.0 Å². The van der Waals surface area contributed by atoms with Crippen LogP contribution in [0.2, 0.25) is 5.02 Å². The number of carbonyl (C=O) groups excluding carboxylic acids is 2. The molecule has 0 saturated heterocycles. The lowest BCUT2D eigenvalue weighted by Gasteiger charge is -2.34. The minimum absolute atomic E-state index is 0.00866. The number of nitrogens with one attached hydrogen (secondary N) is 1. The number of anilines is 1. The van der Waals surface area contributed by atoms with Crippen molar-refractivity contribution >= 4 is 39.1 Å². The van der Waals surface area contributed by atoms with Crippen LogP contribution in [0.1, 0.15) is 62.1 Å². The van der Waals surface area contributed by atoms with Crippen LogP contribution in [0.25, 0.3) is 0 Å². The normalized spacial score (nSPS) is 14.5. The maximum Gasteiger partial charge on any atom is 0.264 e. The highest BCUT2D eigenvalue weighted by atomic mass is 35.5. The maximum atomic E-state index is 14.4. The van der Waals surface area contributed by atoms with Crippen molar-refractivity contribution in [3.63, 3.8) is 0 Å². The highest BCUT2D eigenvalue weighted by Gasteiger charge is 2.34. The van der Waals surface area contributed by atoms with E-state index >= 15 is 0 Å². The first-order chi connectivity index (χ1) is 21.0. The van der Waals surface area contributed by atoms with Gasteiger partial charge in [0.2, 0.25) is 11.8 Å². The van der Waals surface area contributed by atoms with Crippen molar-refractivity contribution in [1.29, 1.82) is 0 Å². The molecule has 2 amide bonds. The lowest BCUT2D eigenvalue weighted by atomic mass is 9.95. The summed E-state index contributed by atoms with van der Waals surface area (Å²) in [6.07, 6.45) is 5.45. The van der Waals surface area contributed by atoms with Gasteiger partial charge in [-0.05, 0) is 98.3 Å². The number of benzene rings is 3. The van der Waals surface area contributed by atoms with Crippen molar-refractivity contribution in [2.75, 3.05) is 18.0 Å². The lowest BCUT2D eigenvalue weighted by Crippen LogP contribution is -2.54. The highest BCUT2D eigenvalue weighted by molar-refractivity contribution is 7.92. The van der Waals surface area contributed by atoms with Crippen molar-refractivity contribution in [1.82, 2.24) is 10.2 Å². The Hall–Kier alpha value is -3.56. The Morgan fingerprint density at radius 2 is 1.68 bits per heavy atom. The van der Waals surface area contributed by atoms with Gasteiger partial charge in [0, 0.05) is 17.6 Å². The molecule has 0 heterocycles. The molecule has 1 atom stereocenters. The number of sulfonamides is 1. The smallest absolute Gasteiger partial charge is 0.264 e. The van der Waals surface area contributed by atoms with Gasteiger partial charge in [-0.25, -0.2) is 8.42 Å². The number of ether oxygens (including phenoxy) is 1. The Labute approximate surface area is 266 Å². The number of rotatable bonds is 12. The summed E-state index contributed by atoms with van der Waals surface area (Å²) in [4.78, 5) is 29.6. The van der Waals surface area contributed by atoms with Gasteiger partial charge in [0.1, 0.15) is 18.3 Å². The Morgan fingerprint density at radius 3 is 2.32 bits per heavy atom. The molecule has 3 aromatic rings. The zero-order valence-electron chi connectivity index (χ0n) is 25.9. The minimum Gasteiger partial charge on any atom is -0.497 e. The van der Waals surface area contributed by atoms with Crippen LogP contribution in [0.3, 0.4) is 0 Å². The highest BCUT2D eigenvalue weighted by Crippen LogP contribution is 2.28. The van der Waals surface area contributed by atoms with E-state index in [-0.39, 0.29) is 23.4 Å². The van der Waals surface area contributed by atoms with Crippen molar-refractivity contribution in [3.8, 4) is 5.75 Å². The van der Waals surface area contributed by atoms with E-state index in [0.717, 1.165) is 53.1 Å². The molecule has 1 saturated carbocycles. The molecule has 3 aromatic carbocycles. The Morgan fingerprint density at radius 1 is 0.977 bits per heavy atom. The summed E-state index contributed by atoms with van der Waals surface area (Å²) in [5, 5.41) is 3.57. The SMILES string of the molecule is CCC(C(=O)NC1CCCCC1)N(Cc1cccc(OC)c1)C(=O)CN(c1ccc(C)c(C)c1)S(=O)(=O)c1ccc(Cl)cc1. The molecule has 4 rings (SSSR count). The van der Waals surface area contributed by atoms with Crippen molar-refractivity contribution < 1.29 is 22.7 Å². The number of nitrogens with zero attached hydrogens (tertiary/aromatic N) is 2. The number of hydrogen-bond donors (Lipinski definition) is 1. The second kappa shape index (κ2) is 14.9. The molecule has 0 radical (unpaired) electrons. The van der Waals surface area contributed by atoms with Gasteiger partial charge in [0.15, 0.2) is 0 Å². The molecule has 10 heteroatoms. The first-order valence-corrected chi connectivity index (χ1v) is 16.9. The van der Waals surface area contributed by atoms with Gasteiger partial charge in [0.05, 0.1) is 17.7 Å². The summed E-state index contributed by atoms with van der Waals surface area (Å²) < 4.78 is 34.7. The summed E-state index contributed by atoms with van der Waals surface area (Å²) >= 11 is 6.06. The number of methoxy groups -OCH3 is 1. The topological polar surface area (TPSA) is 96.0 Å². The molecule has 0 aliphatic heterocycles. The molecule has 1 aliphatic carbocycles. The molecular weight excluding hydrogens is 598 g/mol. The minimum atomic E-state index is -4.18. The zero-order chi connectivity index (χ0) is 31.9. The molecular formula is C34H42ClN3O5S. The van der Waals surface area contributed by atoms with E-state index in [1.165, 1.54) is 29.2 Å². The first-order valence-electron chi connectivity index (χ1n) is 15.1. The molecule has 8 nitrogen and oxygen atoms in total. The van der Waals surface area contributed by atoms with Crippen LogP contribution in [-0.2, 0) is 26.2 Å². The van der Waals surface area contributed by atoms with Crippen LogP contribution in [0.4, 0.5) is 5.69 Å². The second-order valence-corrected chi connectivity index (χ2v) is 13.7. The number of aryl methyl sites for hydroxylation is 2. The van der Waals surface area contributed by atoms with Crippen molar-refractivity contribution in [3.05, 3.63) is 88.4 Å². The average Bonchev–Trinajstić information content (AvgIpc) is 3.01. The molecule has 0 aromatic heterocycles. The molecule has 44 heavy (non-hydrogen) atoms. The van der Waals surface area contributed by atoms with Gasteiger partial charge in [-0.15, -0.1) is 0 Å². The number of halogens is 1. The summed E-state index contributed by atoms with van der Waals surface area (Å²) in [7, 11) is -2.61. The van der Waals surface area contributed by atoms with E-state index in [1.807, 2.05) is 51.1 Å². The third-order valence-electron chi connectivity index (χ3n) is 8.28. The molecule has 0 bridgehead atoms. The summed E-state index contributed by atoms with van der Waals surface area (Å²) in [6.45, 7) is 5.31. The van der Waals surface area contributed by atoms with Crippen LogP contribution in [-0.4, -0.2) is 50.9 Å². The Balaban J connectivity index is 1.73. The first kappa shape index (κ1) is 33.3. The molecule has 236 valence electrons. The average molecular weight is 640 g/mol. The van der Waals surface area contributed by atoms with Crippen molar-refractivity contribution in [2.24, 2.45) is 0 Å². The van der Waals surface area contributed by atoms with E-state index in [0.29, 0.717) is 22.9 Å². The third kappa shape index (κ3) is 8.12. The quantitative estimate of drug-likeness (QED) is 0.247. The zero-order valence-corrected chi connectivity index (χ0v) is 27.5. The second-order valence-electron chi connectivity index (χ2n) is 11.4. The Kier molecular flexibility index (Phi) is 11.3. The van der Waals surface area contributed by atoms with E-state index < -0.39 is 28.5 Å². The fraction of sp³-hybridized carbons (Fsp3) is 0.412. The molecule has 1 N–H and O–H groups in total. The lowest BCUT2D eigenvalue weighted by molar-refractivity contribution is -0.140. The standard InChI is InChI=1S/C34H42ClN3O5S/c1-5-32(34(40)36-28-11-7-6-8-12-28)37(22-26-10-9-13-30(21-26)43-4)33(39)23-38(29-17-14-24(2)25(3)20-29)44(41,42)31-18-15-27(35)16-19-31/h9-10,13-21,28,32H,5-8,11-12,22-23H2,1-4H3,(H,36,40). The predicted octanol–water partition coefficient (Wildman–Crippen LogP) is 6.42. The third-order valence-corrected chi connectivity index (χ3v) is 10.3. The van der Waals surface area contributed by atoms with Crippen molar-refractivity contribution in [2.45, 2.75) is 82.8 Å².